The van der Waals surface area contributed by atoms with Gasteiger partial charge in [-0.2, -0.15) is 0 Å². The largest absolute Gasteiger partial charge is 0.497 e. The molecule has 3 aromatic rings. The number of fused-ring (bicyclic) bond motifs is 4. The SMILES string of the molecule is COc1ccc2c(CNCCCCCCO)cc3cc4c(cc3c2c1)OCO4.Cl. The summed E-state index contributed by atoms with van der Waals surface area (Å²) < 4.78 is 16.6. The Labute approximate surface area is 177 Å². The number of rotatable bonds is 9. The Morgan fingerprint density at radius 1 is 0.931 bits per heavy atom. The van der Waals surface area contributed by atoms with Gasteiger partial charge in [0.1, 0.15) is 5.75 Å². The minimum atomic E-state index is 0. The highest BCUT2D eigenvalue weighted by Crippen LogP contribution is 2.40. The van der Waals surface area contributed by atoms with Gasteiger partial charge in [-0.05, 0) is 76.8 Å². The first kappa shape index (κ1) is 21.5. The number of unbranched alkanes of at least 4 members (excludes halogenated alkanes) is 3. The van der Waals surface area contributed by atoms with Crippen LogP contribution in [0.15, 0.2) is 36.4 Å². The highest BCUT2D eigenvalue weighted by atomic mass is 35.5. The van der Waals surface area contributed by atoms with Gasteiger partial charge in [0.15, 0.2) is 11.5 Å². The summed E-state index contributed by atoms with van der Waals surface area (Å²) in [6, 6.07) is 12.6. The lowest BCUT2D eigenvalue weighted by atomic mass is 9.96. The molecule has 0 atom stereocenters. The van der Waals surface area contributed by atoms with Crippen LogP contribution in [0.3, 0.4) is 0 Å². The molecule has 0 unspecified atom stereocenters. The van der Waals surface area contributed by atoms with Gasteiger partial charge in [-0.3, -0.25) is 0 Å². The molecule has 0 spiro atoms. The Morgan fingerprint density at radius 3 is 2.52 bits per heavy atom. The van der Waals surface area contributed by atoms with E-state index in [9.17, 15) is 0 Å². The number of hydrogen-bond donors (Lipinski definition) is 2. The van der Waals surface area contributed by atoms with E-state index in [0.717, 1.165) is 72.2 Å². The van der Waals surface area contributed by atoms with Crippen molar-refractivity contribution in [3.63, 3.8) is 0 Å². The van der Waals surface area contributed by atoms with Crippen molar-refractivity contribution in [1.82, 2.24) is 5.32 Å². The van der Waals surface area contributed by atoms with Crippen LogP contribution in [0.25, 0.3) is 21.5 Å². The lowest BCUT2D eigenvalue weighted by Crippen LogP contribution is -2.15. The number of methoxy groups -OCH3 is 1. The van der Waals surface area contributed by atoms with Crippen molar-refractivity contribution in [3.05, 3.63) is 42.0 Å². The second-order valence-electron chi connectivity index (χ2n) is 7.19. The number of aliphatic hydroxyl groups excluding tert-OH is 1. The van der Waals surface area contributed by atoms with Crippen LogP contribution in [0.2, 0.25) is 0 Å². The number of halogens is 1. The summed E-state index contributed by atoms with van der Waals surface area (Å²) in [6.45, 7) is 2.35. The quantitative estimate of drug-likeness (QED) is 0.387. The van der Waals surface area contributed by atoms with Gasteiger partial charge in [0.05, 0.1) is 7.11 Å². The third-order valence-corrected chi connectivity index (χ3v) is 5.31. The minimum Gasteiger partial charge on any atom is -0.497 e. The molecule has 1 aliphatic heterocycles. The Hall–Kier alpha value is -2.21. The summed E-state index contributed by atoms with van der Waals surface area (Å²) in [6.07, 6.45) is 4.25. The van der Waals surface area contributed by atoms with Crippen molar-refractivity contribution >= 4 is 34.0 Å². The number of nitrogens with one attached hydrogen (secondary N) is 1. The summed E-state index contributed by atoms with van der Waals surface area (Å²) in [5, 5.41) is 17.1. The topological polar surface area (TPSA) is 60.0 Å². The molecule has 0 amide bonds. The van der Waals surface area contributed by atoms with E-state index >= 15 is 0 Å². The van der Waals surface area contributed by atoms with E-state index in [0.29, 0.717) is 6.61 Å². The van der Waals surface area contributed by atoms with Gasteiger partial charge in [0, 0.05) is 13.2 Å². The molecule has 1 aliphatic rings. The van der Waals surface area contributed by atoms with Crippen molar-refractivity contribution in [2.24, 2.45) is 0 Å². The maximum Gasteiger partial charge on any atom is 0.231 e. The molecular weight excluding hydrogens is 390 g/mol. The highest BCUT2D eigenvalue weighted by Gasteiger charge is 2.17. The molecule has 0 bridgehead atoms. The molecule has 0 fully saturated rings. The standard InChI is InChI=1S/C23H27NO4.ClH/c1-26-18-6-7-19-17(14-24-8-4-2-3-5-9-25)10-16-11-22-23(28-15-27-22)13-20(16)21(19)12-18;/h6-7,10-13,24-25H,2-5,8-9,14-15H2,1H3;1H. The smallest absolute Gasteiger partial charge is 0.231 e. The average molecular weight is 418 g/mol. The molecule has 0 aliphatic carbocycles. The minimum absolute atomic E-state index is 0. The van der Waals surface area contributed by atoms with E-state index in [1.54, 1.807) is 7.11 Å². The average Bonchev–Trinajstić information content (AvgIpc) is 3.18. The maximum atomic E-state index is 8.86. The van der Waals surface area contributed by atoms with Gasteiger partial charge in [0.2, 0.25) is 6.79 Å². The lowest BCUT2D eigenvalue weighted by molar-refractivity contribution is 0.174. The fourth-order valence-corrected chi connectivity index (χ4v) is 3.81. The Morgan fingerprint density at radius 2 is 1.72 bits per heavy atom. The second-order valence-corrected chi connectivity index (χ2v) is 7.19. The molecule has 156 valence electrons. The molecule has 29 heavy (non-hydrogen) atoms. The van der Waals surface area contributed by atoms with Crippen molar-refractivity contribution in [2.75, 3.05) is 27.1 Å². The summed E-state index contributed by atoms with van der Waals surface area (Å²) in [5.41, 5.74) is 1.26. The summed E-state index contributed by atoms with van der Waals surface area (Å²) in [7, 11) is 1.69. The van der Waals surface area contributed by atoms with Crippen molar-refractivity contribution < 1.29 is 19.3 Å². The van der Waals surface area contributed by atoms with Crippen molar-refractivity contribution in [2.45, 2.75) is 32.2 Å². The molecule has 4 rings (SSSR count). The zero-order chi connectivity index (χ0) is 19.3. The van der Waals surface area contributed by atoms with Crippen molar-refractivity contribution in [1.29, 1.82) is 0 Å². The van der Waals surface area contributed by atoms with Gasteiger partial charge >= 0.3 is 0 Å². The predicted octanol–water partition coefficient (Wildman–Crippen LogP) is 4.79. The van der Waals surface area contributed by atoms with E-state index in [1.807, 2.05) is 6.07 Å². The van der Waals surface area contributed by atoms with Gasteiger partial charge in [-0.1, -0.05) is 18.9 Å². The molecule has 0 saturated heterocycles. The van der Waals surface area contributed by atoms with Gasteiger partial charge in [-0.25, -0.2) is 0 Å². The summed E-state index contributed by atoms with van der Waals surface area (Å²) in [5.74, 6) is 2.45. The van der Waals surface area contributed by atoms with Crippen LogP contribution >= 0.6 is 12.4 Å². The van der Waals surface area contributed by atoms with E-state index in [1.165, 1.54) is 10.9 Å². The third-order valence-electron chi connectivity index (χ3n) is 5.31. The Bertz CT molecular complexity index is 976. The summed E-state index contributed by atoms with van der Waals surface area (Å²) in [4.78, 5) is 0. The lowest BCUT2D eigenvalue weighted by Gasteiger charge is -2.13. The van der Waals surface area contributed by atoms with E-state index < -0.39 is 0 Å². The highest BCUT2D eigenvalue weighted by molar-refractivity contribution is 6.10. The number of benzene rings is 3. The van der Waals surface area contributed by atoms with Crippen LogP contribution in [-0.2, 0) is 6.54 Å². The molecule has 5 nitrogen and oxygen atoms in total. The molecular formula is C23H28ClNO4. The molecule has 6 heteroatoms. The van der Waals surface area contributed by atoms with Gasteiger partial charge in [-0.15, -0.1) is 12.4 Å². The molecule has 2 N–H and O–H groups in total. The maximum absolute atomic E-state index is 8.86. The Balaban J connectivity index is 0.00000240. The Kier molecular flexibility index (Phi) is 7.42. The first-order chi connectivity index (χ1) is 13.8. The van der Waals surface area contributed by atoms with E-state index in [4.69, 9.17) is 19.3 Å². The molecule has 0 radical (unpaired) electrons. The van der Waals surface area contributed by atoms with E-state index in [2.05, 4.69) is 35.6 Å². The normalized spacial score (nSPS) is 12.3. The van der Waals surface area contributed by atoms with Crippen LogP contribution in [0.4, 0.5) is 0 Å². The van der Waals surface area contributed by atoms with Crippen LogP contribution < -0.4 is 19.5 Å². The van der Waals surface area contributed by atoms with E-state index in [-0.39, 0.29) is 19.2 Å². The summed E-state index contributed by atoms with van der Waals surface area (Å²) >= 11 is 0. The third kappa shape index (κ3) is 4.69. The fourth-order valence-electron chi connectivity index (χ4n) is 3.81. The van der Waals surface area contributed by atoms with Crippen LogP contribution in [0.5, 0.6) is 17.2 Å². The fraction of sp³-hybridized carbons (Fsp3) is 0.391. The van der Waals surface area contributed by atoms with Crippen LogP contribution in [0, 0.1) is 0 Å². The monoisotopic (exact) mass is 417 g/mol. The number of hydrogen-bond acceptors (Lipinski definition) is 5. The first-order valence-corrected chi connectivity index (χ1v) is 9.94. The molecule has 0 saturated carbocycles. The molecule has 1 heterocycles. The molecule has 3 aromatic carbocycles. The predicted molar refractivity (Wildman–Crippen MR) is 119 cm³/mol. The number of ether oxygens (including phenoxy) is 3. The second kappa shape index (κ2) is 10.0. The van der Waals surface area contributed by atoms with Crippen LogP contribution in [0.1, 0.15) is 31.2 Å². The van der Waals surface area contributed by atoms with Gasteiger partial charge < -0.3 is 24.6 Å². The number of aliphatic hydroxyl groups is 1. The first-order valence-electron chi connectivity index (χ1n) is 9.94. The van der Waals surface area contributed by atoms with Gasteiger partial charge in [0.25, 0.3) is 0 Å². The zero-order valence-corrected chi connectivity index (χ0v) is 17.5. The zero-order valence-electron chi connectivity index (χ0n) is 16.7. The van der Waals surface area contributed by atoms with Crippen LogP contribution in [-0.4, -0.2) is 32.2 Å². The molecule has 0 aromatic heterocycles. The van der Waals surface area contributed by atoms with Crippen molar-refractivity contribution in [3.8, 4) is 17.2 Å².